The van der Waals surface area contributed by atoms with Crippen molar-refractivity contribution < 1.29 is 80.2 Å². The standard InChI is InChI=1S/C67H130O17P2/c1-7-11-13-15-17-19-20-21-22-23-24-26-32-39-45-51-66(71)83-62(55-78-65(70)50-44-38-31-28-27-29-35-41-47-59(5)9-3)57-81-85(73,74)79-53-61(68)54-80-86(75,76)82-58-63(56-77-64(69)49-43-37-30-25-18-16-14-12-8-2)84-67(72)52-46-40-34-33-36-42-48-60(6)10-4/h59-63,68H,7-58H2,1-6H3,(H,73,74)(H,75,76)/t59?,60?,61-,62-,63-/m1/s1. The Kier molecular flexibility index (Phi) is 58.0. The molecule has 0 aliphatic carbocycles. The van der Waals surface area contributed by atoms with Crippen molar-refractivity contribution in [2.45, 2.75) is 355 Å². The Labute approximate surface area is 524 Å². The number of hydrogen-bond donors (Lipinski definition) is 3. The summed E-state index contributed by atoms with van der Waals surface area (Å²) in [4.78, 5) is 72.3. The molecule has 19 heteroatoms. The molecule has 0 saturated carbocycles. The van der Waals surface area contributed by atoms with Gasteiger partial charge in [-0.2, -0.15) is 0 Å². The van der Waals surface area contributed by atoms with Crippen LogP contribution in [0.1, 0.15) is 337 Å². The van der Waals surface area contributed by atoms with Crippen molar-refractivity contribution in [1.29, 1.82) is 0 Å². The smallest absolute Gasteiger partial charge is 0.462 e. The number of aliphatic hydroxyl groups excluding tert-OH is 1. The Bertz CT molecular complexity index is 1690. The number of aliphatic hydroxyl groups is 1. The van der Waals surface area contributed by atoms with Crippen LogP contribution in [0.25, 0.3) is 0 Å². The topological polar surface area (TPSA) is 237 Å². The summed E-state index contributed by atoms with van der Waals surface area (Å²) >= 11 is 0. The van der Waals surface area contributed by atoms with Crippen molar-refractivity contribution in [1.82, 2.24) is 0 Å². The molecule has 0 aromatic carbocycles. The van der Waals surface area contributed by atoms with E-state index in [4.69, 9.17) is 37.0 Å². The molecular formula is C67H130O17P2. The maximum atomic E-state index is 13.0. The summed E-state index contributed by atoms with van der Waals surface area (Å²) in [5, 5.41) is 10.6. The molecule has 0 aromatic rings. The van der Waals surface area contributed by atoms with Gasteiger partial charge >= 0.3 is 39.5 Å². The molecule has 0 saturated heterocycles. The average Bonchev–Trinajstić information content (AvgIpc) is 3.70. The van der Waals surface area contributed by atoms with E-state index in [0.29, 0.717) is 25.7 Å². The maximum Gasteiger partial charge on any atom is 0.472 e. The van der Waals surface area contributed by atoms with Crippen LogP contribution in [0.2, 0.25) is 0 Å². The van der Waals surface area contributed by atoms with Gasteiger partial charge < -0.3 is 33.8 Å². The summed E-state index contributed by atoms with van der Waals surface area (Å²) in [7, 11) is -9.89. The summed E-state index contributed by atoms with van der Waals surface area (Å²) < 4.78 is 68.1. The molecular weight excluding hydrogens is 1140 g/mol. The number of esters is 4. The van der Waals surface area contributed by atoms with Crippen molar-refractivity contribution in [3.05, 3.63) is 0 Å². The van der Waals surface area contributed by atoms with Gasteiger partial charge in [0.15, 0.2) is 12.2 Å². The van der Waals surface area contributed by atoms with E-state index in [1.165, 1.54) is 154 Å². The van der Waals surface area contributed by atoms with Crippen LogP contribution >= 0.6 is 15.6 Å². The molecule has 0 fully saturated rings. The molecule has 3 N–H and O–H groups in total. The summed E-state index contributed by atoms with van der Waals surface area (Å²) in [6.45, 7) is 9.46. The van der Waals surface area contributed by atoms with E-state index in [0.717, 1.165) is 102 Å². The number of phosphoric acid groups is 2. The molecule has 0 heterocycles. The van der Waals surface area contributed by atoms with Gasteiger partial charge in [0.05, 0.1) is 26.4 Å². The Hall–Kier alpha value is -1.94. The van der Waals surface area contributed by atoms with Crippen LogP contribution in [0.15, 0.2) is 0 Å². The Morgan fingerprint density at radius 1 is 0.326 bits per heavy atom. The van der Waals surface area contributed by atoms with Gasteiger partial charge in [0.2, 0.25) is 0 Å². The van der Waals surface area contributed by atoms with Crippen LogP contribution in [0.3, 0.4) is 0 Å². The molecule has 0 amide bonds. The van der Waals surface area contributed by atoms with E-state index in [-0.39, 0.29) is 25.7 Å². The molecule has 17 nitrogen and oxygen atoms in total. The second-order valence-corrected chi connectivity index (χ2v) is 27.6. The predicted octanol–water partition coefficient (Wildman–Crippen LogP) is 18.8. The fourth-order valence-corrected chi connectivity index (χ4v) is 11.6. The highest BCUT2D eigenvalue weighted by Gasteiger charge is 2.30. The normalized spacial score (nSPS) is 14.8. The Morgan fingerprint density at radius 2 is 0.558 bits per heavy atom. The SMILES string of the molecule is CCCCCCCCCCCCCCCCCC(=O)O[C@H](COC(=O)CCCCCCCCCCC(C)CC)COP(=O)(O)OC[C@@H](O)COP(=O)(O)OC[C@@H](COC(=O)CCCCCCCCCCC)OC(=O)CCCCCCCCC(C)CC. The number of carbonyl (C=O) groups is 4. The highest BCUT2D eigenvalue weighted by atomic mass is 31.2. The lowest BCUT2D eigenvalue weighted by molar-refractivity contribution is -0.161. The molecule has 7 atom stereocenters. The average molecular weight is 1270 g/mol. The van der Waals surface area contributed by atoms with Crippen molar-refractivity contribution in [2.24, 2.45) is 11.8 Å². The van der Waals surface area contributed by atoms with Crippen LogP contribution in [-0.2, 0) is 65.4 Å². The van der Waals surface area contributed by atoms with E-state index < -0.39 is 97.5 Å². The number of carbonyl (C=O) groups excluding carboxylic acids is 4. The third kappa shape index (κ3) is 58.4. The molecule has 86 heavy (non-hydrogen) atoms. The number of unbranched alkanes of at least 4 members (excludes halogenated alkanes) is 34. The fourth-order valence-electron chi connectivity index (χ4n) is 10.00. The van der Waals surface area contributed by atoms with Crippen LogP contribution in [-0.4, -0.2) is 96.7 Å². The van der Waals surface area contributed by atoms with Gasteiger partial charge in [-0.05, 0) is 37.5 Å². The molecule has 4 unspecified atom stereocenters. The summed E-state index contributed by atoms with van der Waals surface area (Å²) in [5.74, 6) is -0.634. The van der Waals surface area contributed by atoms with Crippen molar-refractivity contribution in [3.8, 4) is 0 Å². The Morgan fingerprint density at radius 3 is 0.826 bits per heavy atom. The van der Waals surface area contributed by atoms with Crippen LogP contribution in [0.4, 0.5) is 0 Å². The second kappa shape index (κ2) is 59.4. The first-order chi connectivity index (χ1) is 41.4. The third-order valence-corrected chi connectivity index (χ3v) is 18.1. The van der Waals surface area contributed by atoms with Gasteiger partial charge in [-0.25, -0.2) is 9.13 Å². The maximum absolute atomic E-state index is 13.0. The molecule has 0 rings (SSSR count). The van der Waals surface area contributed by atoms with E-state index in [9.17, 15) is 43.2 Å². The highest BCUT2D eigenvalue weighted by Crippen LogP contribution is 2.45. The quantitative estimate of drug-likeness (QED) is 0.0222. The molecule has 510 valence electrons. The lowest BCUT2D eigenvalue weighted by Crippen LogP contribution is -2.30. The van der Waals surface area contributed by atoms with Crippen molar-refractivity contribution in [3.63, 3.8) is 0 Å². The zero-order valence-corrected chi connectivity index (χ0v) is 57.4. The van der Waals surface area contributed by atoms with Crippen LogP contribution in [0.5, 0.6) is 0 Å². The minimum Gasteiger partial charge on any atom is -0.462 e. The number of ether oxygens (including phenoxy) is 4. The first-order valence-corrected chi connectivity index (χ1v) is 38.1. The monoisotopic (exact) mass is 1270 g/mol. The molecule has 0 bridgehead atoms. The number of rotatable bonds is 66. The lowest BCUT2D eigenvalue weighted by atomic mass is 9.99. The summed E-state index contributed by atoms with van der Waals surface area (Å²) in [6.07, 6.45) is 43.0. The number of phosphoric ester groups is 2. The fraction of sp³-hybridized carbons (Fsp3) is 0.940. The van der Waals surface area contributed by atoms with Crippen LogP contribution in [0, 0.1) is 11.8 Å². The molecule has 0 radical (unpaired) electrons. The van der Waals surface area contributed by atoms with Gasteiger partial charge in [0.1, 0.15) is 19.3 Å². The van der Waals surface area contributed by atoms with Gasteiger partial charge in [-0.1, -0.05) is 286 Å². The summed E-state index contributed by atoms with van der Waals surface area (Å²) in [5.41, 5.74) is 0. The first-order valence-electron chi connectivity index (χ1n) is 35.1. The van der Waals surface area contributed by atoms with E-state index in [1.54, 1.807) is 0 Å². The lowest BCUT2D eigenvalue weighted by Gasteiger charge is -2.21. The molecule has 0 aliphatic heterocycles. The Balaban J connectivity index is 5.24. The molecule has 0 aliphatic rings. The van der Waals surface area contributed by atoms with E-state index in [2.05, 4.69) is 41.5 Å². The predicted molar refractivity (Wildman–Crippen MR) is 345 cm³/mol. The largest absolute Gasteiger partial charge is 0.472 e. The second-order valence-electron chi connectivity index (χ2n) is 24.7. The van der Waals surface area contributed by atoms with Crippen LogP contribution < -0.4 is 0 Å². The van der Waals surface area contributed by atoms with Crippen molar-refractivity contribution >= 4 is 39.5 Å². The van der Waals surface area contributed by atoms with Gasteiger partial charge in [0.25, 0.3) is 0 Å². The highest BCUT2D eigenvalue weighted by molar-refractivity contribution is 7.47. The van der Waals surface area contributed by atoms with Crippen molar-refractivity contribution in [2.75, 3.05) is 39.6 Å². The molecule has 0 spiro atoms. The first kappa shape index (κ1) is 84.1. The van der Waals surface area contributed by atoms with Gasteiger partial charge in [-0.15, -0.1) is 0 Å². The zero-order chi connectivity index (χ0) is 63.6. The van der Waals surface area contributed by atoms with E-state index >= 15 is 0 Å². The van der Waals surface area contributed by atoms with Gasteiger partial charge in [-0.3, -0.25) is 37.3 Å². The zero-order valence-electron chi connectivity index (χ0n) is 55.6. The molecule has 0 aromatic heterocycles. The minimum absolute atomic E-state index is 0.103. The van der Waals surface area contributed by atoms with E-state index in [1.807, 2.05) is 0 Å². The summed E-state index contributed by atoms with van der Waals surface area (Å²) in [6, 6.07) is 0. The third-order valence-electron chi connectivity index (χ3n) is 16.2. The number of hydrogen-bond acceptors (Lipinski definition) is 15. The van der Waals surface area contributed by atoms with Gasteiger partial charge in [0, 0.05) is 25.7 Å². The minimum atomic E-state index is -4.95.